The highest BCUT2D eigenvalue weighted by Gasteiger charge is 2.36. The average molecular weight is 504 g/mol. The number of anilines is 2. The van der Waals surface area contributed by atoms with Crippen LogP contribution in [-0.2, 0) is 22.8 Å². The van der Waals surface area contributed by atoms with Crippen LogP contribution in [0.25, 0.3) is 0 Å². The molecule has 0 saturated carbocycles. The number of benzene rings is 1. The number of aromatic nitrogens is 2. The van der Waals surface area contributed by atoms with Crippen molar-refractivity contribution in [2.75, 3.05) is 49.1 Å². The molecule has 0 radical (unpaired) electrons. The number of halogens is 3. The number of piperazine rings is 1. The zero-order valence-corrected chi connectivity index (χ0v) is 21.4. The van der Waals surface area contributed by atoms with E-state index in [9.17, 15) is 18.0 Å². The van der Waals surface area contributed by atoms with E-state index >= 15 is 0 Å². The van der Waals surface area contributed by atoms with Crippen LogP contribution in [0.4, 0.5) is 24.7 Å². The Morgan fingerprint density at radius 2 is 1.69 bits per heavy atom. The Labute approximate surface area is 211 Å². The first-order valence-electron chi connectivity index (χ1n) is 12.8. The molecule has 0 N–H and O–H groups in total. The fourth-order valence-corrected chi connectivity index (χ4v) is 4.82. The van der Waals surface area contributed by atoms with Crippen molar-refractivity contribution >= 4 is 17.4 Å². The van der Waals surface area contributed by atoms with Crippen LogP contribution < -0.4 is 9.80 Å². The summed E-state index contributed by atoms with van der Waals surface area (Å²) in [5.41, 5.74) is 0.811. The summed E-state index contributed by atoms with van der Waals surface area (Å²) in [4.78, 5) is 27.4. The molecule has 1 aromatic carbocycles. The lowest BCUT2D eigenvalue weighted by Crippen LogP contribution is -2.47. The minimum atomic E-state index is -4.51. The van der Waals surface area contributed by atoms with Gasteiger partial charge in [0.25, 0.3) is 0 Å². The summed E-state index contributed by atoms with van der Waals surface area (Å²) in [5, 5.41) is 0. The van der Waals surface area contributed by atoms with Crippen LogP contribution in [0.5, 0.6) is 0 Å². The maximum Gasteiger partial charge on any atom is 0.433 e. The molecule has 0 unspecified atom stereocenters. The maximum absolute atomic E-state index is 13.5. The van der Waals surface area contributed by atoms with Gasteiger partial charge in [-0.1, -0.05) is 39.0 Å². The largest absolute Gasteiger partial charge is 0.433 e. The van der Waals surface area contributed by atoms with Gasteiger partial charge < -0.3 is 9.80 Å². The molecule has 0 atom stereocenters. The lowest BCUT2D eigenvalue weighted by atomic mass is 9.95. The highest BCUT2D eigenvalue weighted by molar-refractivity contribution is 5.94. The van der Waals surface area contributed by atoms with Gasteiger partial charge in [0.05, 0.1) is 0 Å². The highest BCUT2D eigenvalue weighted by atomic mass is 19.4. The zero-order chi connectivity index (χ0) is 25.9. The number of hydrogen-bond donors (Lipinski definition) is 0. The quantitative estimate of drug-likeness (QED) is 0.571. The fourth-order valence-electron chi connectivity index (χ4n) is 4.82. The van der Waals surface area contributed by atoms with Crippen molar-refractivity contribution in [2.24, 2.45) is 0 Å². The molecule has 196 valence electrons. The molecule has 1 saturated heterocycles. The third-order valence-electron chi connectivity index (χ3n) is 6.90. The number of aryl methyl sites for hydroxylation is 1. The van der Waals surface area contributed by atoms with E-state index in [0.29, 0.717) is 25.3 Å². The first-order chi connectivity index (χ1) is 17.0. The molecule has 1 aromatic heterocycles. The predicted molar refractivity (Wildman–Crippen MR) is 135 cm³/mol. The molecule has 2 aromatic rings. The van der Waals surface area contributed by atoms with Gasteiger partial charge in [-0.05, 0) is 43.9 Å². The predicted octanol–water partition coefficient (Wildman–Crippen LogP) is 5.06. The van der Waals surface area contributed by atoms with Gasteiger partial charge >= 0.3 is 6.18 Å². The van der Waals surface area contributed by atoms with E-state index in [2.05, 4.69) is 20.9 Å². The SMILES string of the molecule is CC(C)(C)c1nc(N2CCN(CCCC(=O)N3CCCCc4ccccc43)CC2)cc(C(F)(F)F)n1. The highest BCUT2D eigenvalue weighted by Crippen LogP contribution is 2.32. The summed E-state index contributed by atoms with van der Waals surface area (Å²) in [6.45, 7) is 9.62. The minimum Gasteiger partial charge on any atom is -0.354 e. The molecule has 0 aliphatic carbocycles. The van der Waals surface area contributed by atoms with Crippen molar-refractivity contribution in [1.29, 1.82) is 0 Å². The smallest absolute Gasteiger partial charge is 0.354 e. The summed E-state index contributed by atoms with van der Waals surface area (Å²) >= 11 is 0. The number of carbonyl (C=O) groups is 1. The Bertz CT molecular complexity index is 1030. The molecule has 1 amide bonds. The third kappa shape index (κ3) is 6.35. The number of fused-ring (bicyclic) bond motifs is 1. The fraction of sp³-hybridized carbons (Fsp3) is 0.593. The second kappa shape index (κ2) is 10.7. The van der Waals surface area contributed by atoms with E-state index in [0.717, 1.165) is 63.6 Å². The third-order valence-corrected chi connectivity index (χ3v) is 6.90. The van der Waals surface area contributed by atoms with Crippen molar-refractivity contribution in [1.82, 2.24) is 14.9 Å². The van der Waals surface area contributed by atoms with E-state index in [-0.39, 0.29) is 11.7 Å². The first-order valence-corrected chi connectivity index (χ1v) is 12.8. The summed E-state index contributed by atoms with van der Waals surface area (Å²) in [6, 6.07) is 9.23. The maximum atomic E-state index is 13.5. The van der Waals surface area contributed by atoms with Crippen molar-refractivity contribution < 1.29 is 18.0 Å². The summed E-state index contributed by atoms with van der Waals surface area (Å²) < 4.78 is 40.4. The Balaban J connectivity index is 1.31. The van der Waals surface area contributed by atoms with Gasteiger partial charge in [0.2, 0.25) is 5.91 Å². The number of carbonyl (C=O) groups excluding carboxylic acids is 1. The molecule has 3 heterocycles. The molecule has 0 bridgehead atoms. The molecule has 6 nitrogen and oxygen atoms in total. The lowest BCUT2D eigenvalue weighted by molar-refractivity contribution is -0.141. The van der Waals surface area contributed by atoms with E-state index in [1.807, 2.05) is 48.8 Å². The zero-order valence-electron chi connectivity index (χ0n) is 21.4. The monoisotopic (exact) mass is 503 g/mol. The van der Waals surface area contributed by atoms with Gasteiger partial charge in [0.1, 0.15) is 17.3 Å². The number of para-hydroxylation sites is 1. The van der Waals surface area contributed by atoms with Crippen LogP contribution in [0.1, 0.15) is 63.5 Å². The molecule has 9 heteroatoms. The van der Waals surface area contributed by atoms with E-state index in [1.54, 1.807) is 0 Å². The van der Waals surface area contributed by atoms with E-state index in [1.165, 1.54) is 5.56 Å². The van der Waals surface area contributed by atoms with Crippen LogP contribution in [-0.4, -0.2) is 60.0 Å². The standard InChI is InChI=1S/C27H36F3N5O/c1-26(2,3)25-31-22(27(28,29)30)19-23(32-25)34-17-15-33(16-18-34)13-8-12-24(36)35-14-7-6-10-20-9-4-5-11-21(20)35/h4-5,9,11,19H,6-8,10,12-18H2,1-3H3. The Kier molecular flexibility index (Phi) is 7.87. The van der Waals surface area contributed by atoms with Crippen LogP contribution in [0.3, 0.4) is 0 Å². The average Bonchev–Trinajstić information content (AvgIpc) is 3.06. The van der Waals surface area contributed by atoms with Gasteiger partial charge in [-0.15, -0.1) is 0 Å². The van der Waals surface area contributed by atoms with Gasteiger partial charge in [-0.2, -0.15) is 13.2 Å². The van der Waals surface area contributed by atoms with Crippen LogP contribution in [0.15, 0.2) is 30.3 Å². The molecular formula is C27H36F3N5O. The molecule has 36 heavy (non-hydrogen) atoms. The lowest BCUT2D eigenvalue weighted by Gasteiger charge is -2.36. The number of amides is 1. The molecule has 0 spiro atoms. The van der Waals surface area contributed by atoms with E-state index < -0.39 is 17.3 Å². The molecule has 4 rings (SSSR count). The minimum absolute atomic E-state index is 0.165. The summed E-state index contributed by atoms with van der Waals surface area (Å²) in [7, 11) is 0. The number of nitrogens with zero attached hydrogens (tertiary/aromatic N) is 5. The Hall–Kier alpha value is -2.68. The number of hydrogen-bond acceptors (Lipinski definition) is 5. The second-order valence-electron chi connectivity index (χ2n) is 10.7. The first kappa shape index (κ1) is 26.4. The van der Waals surface area contributed by atoms with Crippen molar-refractivity contribution in [2.45, 2.75) is 64.5 Å². The molecular weight excluding hydrogens is 467 g/mol. The summed E-state index contributed by atoms with van der Waals surface area (Å²) in [6.07, 6.45) is -0.141. The number of rotatable bonds is 5. The van der Waals surface area contributed by atoms with Crippen molar-refractivity contribution in [3.8, 4) is 0 Å². The van der Waals surface area contributed by atoms with Gasteiger partial charge in [0, 0.05) is 56.3 Å². The van der Waals surface area contributed by atoms with Crippen LogP contribution in [0, 0.1) is 0 Å². The topological polar surface area (TPSA) is 52.6 Å². The van der Waals surface area contributed by atoms with Gasteiger partial charge in [-0.3, -0.25) is 9.69 Å². The molecule has 2 aliphatic heterocycles. The van der Waals surface area contributed by atoms with Gasteiger partial charge in [-0.25, -0.2) is 9.97 Å². The molecule has 2 aliphatic rings. The number of alkyl halides is 3. The van der Waals surface area contributed by atoms with Gasteiger partial charge in [0.15, 0.2) is 0 Å². The van der Waals surface area contributed by atoms with Crippen molar-refractivity contribution in [3.63, 3.8) is 0 Å². The summed E-state index contributed by atoms with van der Waals surface area (Å²) in [5.74, 6) is 0.693. The van der Waals surface area contributed by atoms with Crippen LogP contribution in [0.2, 0.25) is 0 Å². The second-order valence-corrected chi connectivity index (χ2v) is 10.7. The molecule has 1 fully saturated rings. The Morgan fingerprint density at radius 3 is 2.39 bits per heavy atom. The normalized spacial score (nSPS) is 17.6. The van der Waals surface area contributed by atoms with Crippen molar-refractivity contribution in [3.05, 3.63) is 47.4 Å². The van der Waals surface area contributed by atoms with Crippen LogP contribution >= 0.6 is 0 Å². The Morgan fingerprint density at radius 1 is 0.972 bits per heavy atom. The van der Waals surface area contributed by atoms with E-state index in [4.69, 9.17) is 0 Å².